The van der Waals surface area contributed by atoms with E-state index in [1.165, 1.54) is 4.90 Å². The van der Waals surface area contributed by atoms with Crippen LogP contribution in [0, 0.1) is 3.57 Å². The first-order valence-corrected chi connectivity index (χ1v) is 11.9. The van der Waals surface area contributed by atoms with Crippen LogP contribution in [0.2, 0.25) is 0 Å². The number of rotatable bonds is 6. The Labute approximate surface area is 210 Å². The number of nitrogens with zero attached hydrogens (tertiary/aromatic N) is 2. The Morgan fingerprint density at radius 3 is 2.38 bits per heavy atom. The van der Waals surface area contributed by atoms with Crippen molar-refractivity contribution in [2.24, 2.45) is 4.99 Å². The molecule has 0 bridgehead atoms. The highest BCUT2D eigenvalue weighted by Gasteiger charge is 2.52. The Morgan fingerprint density at radius 1 is 1.00 bits per heavy atom. The molecule has 0 saturated heterocycles. The van der Waals surface area contributed by atoms with Crippen molar-refractivity contribution in [2.45, 2.75) is 24.6 Å². The van der Waals surface area contributed by atoms with E-state index in [4.69, 9.17) is 4.89 Å². The molecule has 0 aliphatic carbocycles. The number of carbonyl (C=O) groups excluding carboxylic acids is 1. The van der Waals surface area contributed by atoms with Gasteiger partial charge in [0.15, 0.2) is 0 Å². The SMILES string of the molecule is O=C1N2C=C(c3ccc(O)cc3)NC(Cc3ccccc3)C2=NC1(Cc1ccc(I)cc1)OO. The second kappa shape index (κ2) is 9.21. The molecule has 7 nitrogen and oxygen atoms in total. The van der Waals surface area contributed by atoms with Gasteiger partial charge in [0.25, 0.3) is 11.6 Å². The van der Waals surface area contributed by atoms with Crippen molar-refractivity contribution in [1.29, 1.82) is 0 Å². The number of carbonyl (C=O) groups is 1. The molecule has 0 radical (unpaired) electrons. The summed E-state index contributed by atoms with van der Waals surface area (Å²) < 4.78 is 1.07. The predicted octanol–water partition coefficient (Wildman–Crippen LogP) is 4.18. The van der Waals surface area contributed by atoms with Gasteiger partial charge in [-0.2, -0.15) is 4.89 Å². The van der Waals surface area contributed by atoms with Crippen molar-refractivity contribution >= 4 is 40.0 Å². The molecule has 3 N–H and O–H groups in total. The fourth-order valence-corrected chi connectivity index (χ4v) is 4.60. The highest BCUT2D eigenvalue weighted by atomic mass is 127. The van der Waals surface area contributed by atoms with Gasteiger partial charge < -0.3 is 10.4 Å². The van der Waals surface area contributed by atoms with Crippen molar-refractivity contribution in [3.63, 3.8) is 0 Å². The van der Waals surface area contributed by atoms with Crippen LogP contribution in [0.3, 0.4) is 0 Å². The van der Waals surface area contributed by atoms with E-state index in [0.717, 1.165) is 20.3 Å². The van der Waals surface area contributed by atoms with E-state index in [2.05, 4.69) is 32.9 Å². The van der Waals surface area contributed by atoms with Gasteiger partial charge in [-0.15, -0.1) is 0 Å². The summed E-state index contributed by atoms with van der Waals surface area (Å²) in [5.41, 5.74) is 1.64. The average Bonchev–Trinajstić information content (AvgIpc) is 3.14. The van der Waals surface area contributed by atoms with Gasteiger partial charge in [-0.25, -0.2) is 10.2 Å². The molecule has 0 aromatic heterocycles. The standard InChI is InChI=1S/C26H22IN3O4/c27-20-10-6-18(7-11-20)15-26(34-33)25(32)30-16-23(19-8-12-21(31)13-9-19)28-22(24(30)29-26)14-17-4-2-1-3-5-17/h1-13,16,22,28,31,33H,14-15H2. The van der Waals surface area contributed by atoms with Crippen molar-refractivity contribution in [2.75, 3.05) is 0 Å². The molecule has 2 heterocycles. The number of amidine groups is 1. The van der Waals surface area contributed by atoms with Gasteiger partial charge in [-0.3, -0.25) is 9.69 Å². The van der Waals surface area contributed by atoms with Crippen molar-refractivity contribution in [1.82, 2.24) is 10.2 Å². The van der Waals surface area contributed by atoms with Crippen LogP contribution in [-0.2, 0) is 22.5 Å². The first-order chi connectivity index (χ1) is 16.5. The van der Waals surface area contributed by atoms with Crippen LogP contribution < -0.4 is 5.32 Å². The van der Waals surface area contributed by atoms with Crippen LogP contribution in [0.5, 0.6) is 5.75 Å². The highest BCUT2D eigenvalue weighted by molar-refractivity contribution is 14.1. The molecule has 5 rings (SSSR count). The number of aromatic hydroxyl groups is 1. The van der Waals surface area contributed by atoms with Crippen molar-refractivity contribution < 1.29 is 20.0 Å². The summed E-state index contributed by atoms with van der Waals surface area (Å²) in [4.78, 5) is 24.5. The molecule has 3 aromatic rings. The molecule has 2 unspecified atom stereocenters. The number of amides is 1. The van der Waals surface area contributed by atoms with Gasteiger partial charge >= 0.3 is 0 Å². The van der Waals surface area contributed by atoms with Gasteiger partial charge in [-0.1, -0.05) is 42.5 Å². The smallest absolute Gasteiger partial charge is 0.290 e. The summed E-state index contributed by atoms with van der Waals surface area (Å²) in [6.07, 6.45) is 2.34. The van der Waals surface area contributed by atoms with Crippen LogP contribution in [0.4, 0.5) is 0 Å². The van der Waals surface area contributed by atoms with Gasteiger partial charge in [0, 0.05) is 16.2 Å². The zero-order valence-corrected chi connectivity index (χ0v) is 20.2. The monoisotopic (exact) mass is 567 g/mol. The minimum atomic E-state index is -1.76. The van der Waals surface area contributed by atoms with Crippen LogP contribution in [0.15, 0.2) is 90.1 Å². The van der Waals surface area contributed by atoms with E-state index >= 15 is 0 Å². The summed E-state index contributed by atoms with van der Waals surface area (Å²) in [5, 5.41) is 23.1. The fraction of sp³-hybridized carbons (Fsp3) is 0.154. The normalized spacial score (nSPS) is 21.5. The molecule has 0 fully saturated rings. The molecule has 8 heteroatoms. The summed E-state index contributed by atoms with van der Waals surface area (Å²) in [7, 11) is 0. The van der Waals surface area contributed by atoms with Crippen LogP contribution in [-0.4, -0.2) is 38.8 Å². The molecule has 2 atom stereocenters. The van der Waals surface area contributed by atoms with E-state index in [1.807, 2.05) is 54.6 Å². The third-order valence-electron chi connectivity index (χ3n) is 5.96. The van der Waals surface area contributed by atoms with E-state index in [0.29, 0.717) is 18.0 Å². The predicted molar refractivity (Wildman–Crippen MR) is 137 cm³/mol. The Balaban J connectivity index is 1.55. The van der Waals surface area contributed by atoms with Crippen molar-refractivity contribution in [3.8, 4) is 5.75 Å². The minimum Gasteiger partial charge on any atom is -0.508 e. The van der Waals surface area contributed by atoms with Crippen molar-refractivity contribution in [3.05, 3.63) is 105 Å². The lowest BCUT2D eigenvalue weighted by atomic mass is 10.0. The molecule has 172 valence electrons. The van der Waals surface area contributed by atoms with Gasteiger partial charge in [0.2, 0.25) is 0 Å². The average molecular weight is 567 g/mol. The maximum absolute atomic E-state index is 13.6. The lowest BCUT2D eigenvalue weighted by Crippen LogP contribution is -2.50. The zero-order chi connectivity index (χ0) is 23.7. The summed E-state index contributed by atoms with van der Waals surface area (Å²) >= 11 is 2.21. The second-order valence-electron chi connectivity index (χ2n) is 8.30. The van der Waals surface area contributed by atoms with Crippen LogP contribution in [0.1, 0.15) is 16.7 Å². The number of halogens is 1. The zero-order valence-electron chi connectivity index (χ0n) is 18.1. The van der Waals surface area contributed by atoms with Gasteiger partial charge in [0.1, 0.15) is 11.6 Å². The molecular weight excluding hydrogens is 545 g/mol. The number of fused-ring (bicyclic) bond motifs is 1. The third kappa shape index (κ3) is 4.31. The molecule has 0 spiro atoms. The molecular formula is C26H22IN3O4. The lowest BCUT2D eigenvalue weighted by molar-refractivity contribution is -0.308. The minimum absolute atomic E-state index is 0.0969. The number of phenolic OH excluding ortho intramolecular Hbond substituents is 1. The van der Waals surface area contributed by atoms with E-state index in [-0.39, 0.29) is 18.2 Å². The summed E-state index contributed by atoms with van der Waals surface area (Å²) in [6, 6.07) is 24.0. The van der Waals surface area contributed by atoms with Crippen LogP contribution in [0.25, 0.3) is 5.70 Å². The number of nitrogens with one attached hydrogen (secondary N) is 1. The number of phenols is 1. The van der Waals surface area contributed by atoms with E-state index in [9.17, 15) is 15.2 Å². The molecule has 1 amide bonds. The molecule has 2 aliphatic heterocycles. The Bertz CT molecular complexity index is 1260. The Hall–Kier alpha value is -3.21. The quantitative estimate of drug-likeness (QED) is 0.236. The largest absolute Gasteiger partial charge is 0.508 e. The highest BCUT2D eigenvalue weighted by Crippen LogP contribution is 2.34. The maximum Gasteiger partial charge on any atom is 0.290 e. The van der Waals surface area contributed by atoms with E-state index in [1.54, 1.807) is 30.5 Å². The number of hydrogen-bond acceptors (Lipinski definition) is 6. The summed E-state index contributed by atoms with van der Waals surface area (Å²) in [6.45, 7) is 0. The van der Waals surface area contributed by atoms with Gasteiger partial charge in [-0.05, 0) is 82.1 Å². The third-order valence-corrected chi connectivity index (χ3v) is 6.68. The number of hydrogen-bond donors (Lipinski definition) is 3. The molecule has 3 aromatic carbocycles. The molecule has 34 heavy (non-hydrogen) atoms. The Morgan fingerprint density at radius 2 is 1.71 bits per heavy atom. The second-order valence-corrected chi connectivity index (χ2v) is 9.55. The first kappa shape index (κ1) is 22.6. The van der Waals surface area contributed by atoms with Gasteiger partial charge in [0.05, 0.1) is 11.7 Å². The fourth-order valence-electron chi connectivity index (χ4n) is 4.24. The summed E-state index contributed by atoms with van der Waals surface area (Å²) in [5.74, 6) is 0.182. The first-order valence-electron chi connectivity index (χ1n) is 10.8. The topological polar surface area (TPSA) is 94.4 Å². The molecule has 0 saturated carbocycles. The van der Waals surface area contributed by atoms with Crippen LogP contribution >= 0.6 is 22.6 Å². The Kier molecular flexibility index (Phi) is 6.11. The maximum atomic E-state index is 13.6. The number of aliphatic imine (C=N–C) groups is 1. The number of benzene rings is 3. The van der Waals surface area contributed by atoms with E-state index < -0.39 is 11.6 Å². The lowest BCUT2D eigenvalue weighted by Gasteiger charge is -2.31. The molecule has 2 aliphatic rings.